The Morgan fingerprint density at radius 2 is 1.78 bits per heavy atom. The molecule has 122 valence electrons. The number of carbonyl (C=O) groups is 1. The summed E-state index contributed by atoms with van der Waals surface area (Å²) in [6.07, 6.45) is 0.371. The van der Waals surface area contributed by atoms with Gasteiger partial charge in [0.05, 0.1) is 20.6 Å². The summed E-state index contributed by atoms with van der Waals surface area (Å²) in [6, 6.07) is 13.4. The summed E-state index contributed by atoms with van der Waals surface area (Å²) in [5.74, 6) is 1.38. The number of likely N-dealkylation sites (N-methyl/N-ethyl adjacent to an activating group) is 1. The third-order valence-electron chi connectivity index (χ3n) is 3.59. The molecule has 0 radical (unpaired) electrons. The first kappa shape index (κ1) is 17.3. The number of hydrogen-bond acceptors (Lipinski definition) is 3. The molecule has 0 heterocycles. The molecule has 0 aliphatic carbocycles. The van der Waals surface area contributed by atoms with Crippen LogP contribution >= 0.6 is 15.9 Å². The Balaban J connectivity index is 2.08. The van der Waals surface area contributed by atoms with Gasteiger partial charge in [0.1, 0.15) is 0 Å². The van der Waals surface area contributed by atoms with Gasteiger partial charge in [0.25, 0.3) is 0 Å². The zero-order chi connectivity index (χ0) is 16.8. The molecule has 0 N–H and O–H groups in total. The number of ether oxygens (including phenoxy) is 2. The highest BCUT2D eigenvalue weighted by atomic mass is 79.9. The fraction of sp³-hybridized carbons (Fsp3) is 0.278. The Kier molecular flexibility index (Phi) is 6.04. The van der Waals surface area contributed by atoms with Crippen molar-refractivity contribution in [2.24, 2.45) is 0 Å². The summed E-state index contributed by atoms with van der Waals surface area (Å²) in [5.41, 5.74) is 1.90. The Labute approximate surface area is 145 Å². The second-order valence-corrected chi connectivity index (χ2v) is 6.12. The van der Waals surface area contributed by atoms with E-state index in [-0.39, 0.29) is 5.91 Å². The highest BCUT2D eigenvalue weighted by molar-refractivity contribution is 9.10. The van der Waals surface area contributed by atoms with E-state index in [1.807, 2.05) is 42.5 Å². The van der Waals surface area contributed by atoms with E-state index in [1.165, 1.54) is 0 Å². The predicted molar refractivity (Wildman–Crippen MR) is 93.9 cm³/mol. The molecule has 5 heteroatoms. The molecule has 0 aliphatic heterocycles. The maximum absolute atomic E-state index is 12.4. The molecule has 1 amide bonds. The molecule has 23 heavy (non-hydrogen) atoms. The number of nitrogens with zero attached hydrogens (tertiary/aromatic N) is 1. The minimum atomic E-state index is 0.0530. The van der Waals surface area contributed by atoms with E-state index in [2.05, 4.69) is 15.9 Å². The molecular weight excluding hydrogens is 358 g/mol. The Morgan fingerprint density at radius 1 is 1.09 bits per heavy atom. The highest BCUT2D eigenvalue weighted by Crippen LogP contribution is 2.31. The van der Waals surface area contributed by atoms with Crippen molar-refractivity contribution in [3.63, 3.8) is 0 Å². The van der Waals surface area contributed by atoms with Gasteiger partial charge in [-0.25, -0.2) is 0 Å². The molecule has 2 aromatic rings. The number of carbonyl (C=O) groups excluding carboxylic acids is 1. The van der Waals surface area contributed by atoms with Gasteiger partial charge in [0, 0.05) is 23.6 Å². The van der Waals surface area contributed by atoms with Gasteiger partial charge in [0.2, 0.25) is 5.91 Å². The number of methoxy groups -OCH3 is 2. The maximum Gasteiger partial charge on any atom is 0.227 e. The standard InChI is InChI=1S/C18H20BrNO3/c1-20(17(21)11-13-7-9-15(19)10-8-13)12-14-5-4-6-16(22-2)18(14)23-3/h4-10H,11-12H2,1-3H3. The summed E-state index contributed by atoms with van der Waals surface area (Å²) in [6.45, 7) is 0.468. The van der Waals surface area contributed by atoms with Gasteiger partial charge in [0.15, 0.2) is 11.5 Å². The number of amides is 1. The van der Waals surface area contributed by atoms with Crippen molar-refractivity contribution in [1.82, 2.24) is 4.90 Å². The van der Waals surface area contributed by atoms with Crippen LogP contribution in [0.5, 0.6) is 11.5 Å². The van der Waals surface area contributed by atoms with E-state index in [4.69, 9.17) is 9.47 Å². The van der Waals surface area contributed by atoms with Crippen LogP contribution in [-0.4, -0.2) is 32.1 Å². The second kappa shape index (κ2) is 8.02. The maximum atomic E-state index is 12.4. The van der Waals surface area contributed by atoms with Gasteiger partial charge in [-0.15, -0.1) is 0 Å². The van der Waals surface area contributed by atoms with Crippen molar-refractivity contribution in [1.29, 1.82) is 0 Å². The first-order valence-electron chi connectivity index (χ1n) is 7.23. The van der Waals surface area contributed by atoms with Crippen molar-refractivity contribution < 1.29 is 14.3 Å². The molecule has 0 bridgehead atoms. The SMILES string of the molecule is COc1cccc(CN(C)C(=O)Cc2ccc(Br)cc2)c1OC. The molecule has 0 fully saturated rings. The number of rotatable bonds is 6. The molecule has 0 spiro atoms. The normalized spacial score (nSPS) is 10.3. The minimum Gasteiger partial charge on any atom is -0.493 e. The minimum absolute atomic E-state index is 0.0530. The predicted octanol–water partition coefficient (Wildman–Crippen LogP) is 3.67. The fourth-order valence-corrected chi connectivity index (χ4v) is 2.60. The van der Waals surface area contributed by atoms with Crippen molar-refractivity contribution in [2.45, 2.75) is 13.0 Å². The topological polar surface area (TPSA) is 38.8 Å². The van der Waals surface area contributed by atoms with E-state index >= 15 is 0 Å². The first-order chi connectivity index (χ1) is 11.0. The Morgan fingerprint density at radius 3 is 2.39 bits per heavy atom. The van der Waals surface area contributed by atoms with Crippen LogP contribution in [0.15, 0.2) is 46.9 Å². The largest absolute Gasteiger partial charge is 0.493 e. The zero-order valence-corrected chi connectivity index (χ0v) is 15.1. The van der Waals surface area contributed by atoms with Crippen LogP contribution in [0.4, 0.5) is 0 Å². The molecule has 0 unspecified atom stereocenters. The average molecular weight is 378 g/mol. The summed E-state index contributed by atoms with van der Waals surface area (Å²) < 4.78 is 11.7. The van der Waals surface area contributed by atoms with Crippen LogP contribution in [-0.2, 0) is 17.8 Å². The smallest absolute Gasteiger partial charge is 0.227 e. The molecule has 0 aromatic heterocycles. The number of hydrogen-bond donors (Lipinski definition) is 0. The third-order valence-corrected chi connectivity index (χ3v) is 4.12. The average Bonchev–Trinajstić information content (AvgIpc) is 2.56. The van der Waals surface area contributed by atoms with Crippen molar-refractivity contribution in [2.75, 3.05) is 21.3 Å². The molecular formula is C18H20BrNO3. The zero-order valence-electron chi connectivity index (χ0n) is 13.5. The highest BCUT2D eigenvalue weighted by Gasteiger charge is 2.15. The van der Waals surface area contributed by atoms with Gasteiger partial charge in [-0.05, 0) is 23.8 Å². The van der Waals surface area contributed by atoms with Crippen LogP contribution < -0.4 is 9.47 Å². The van der Waals surface area contributed by atoms with E-state index in [0.29, 0.717) is 24.5 Å². The van der Waals surface area contributed by atoms with Crippen molar-refractivity contribution in [3.05, 3.63) is 58.1 Å². The van der Waals surface area contributed by atoms with Gasteiger partial charge in [-0.1, -0.05) is 40.2 Å². The lowest BCUT2D eigenvalue weighted by Crippen LogP contribution is -2.27. The lowest BCUT2D eigenvalue weighted by atomic mass is 10.1. The number of halogens is 1. The van der Waals surface area contributed by atoms with Gasteiger partial charge in [-0.3, -0.25) is 4.79 Å². The molecule has 0 aliphatic rings. The van der Waals surface area contributed by atoms with Gasteiger partial charge in [-0.2, -0.15) is 0 Å². The van der Waals surface area contributed by atoms with Crippen LogP contribution in [0, 0.1) is 0 Å². The number of para-hydroxylation sites is 1. The van der Waals surface area contributed by atoms with Crippen LogP contribution in [0.1, 0.15) is 11.1 Å². The molecule has 0 saturated carbocycles. The first-order valence-corrected chi connectivity index (χ1v) is 8.02. The Bertz CT molecular complexity index is 670. The van der Waals surface area contributed by atoms with E-state index in [9.17, 15) is 4.79 Å². The third kappa shape index (κ3) is 4.48. The summed E-state index contributed by atoms with van der Waals surface area (Å²) in [4.78, 5) is 14.1. The molecule has 2 rings (SSSR count). The molecule has 4 nitrogen and oxygen atoms in total. The fourth-order valence-electron chi connectivity index (χ4n) is 2.33. The van der Waals surface area contributed by atoms with Crippen LogP contribution in [0.25, 0.3) is 0 Å². The lowest BCUT2D eigenvalue weighted by molar-refractivity contribution is -0.129. The lowest BCUT2D eigenvalue weighted by Gasteiger charge is -2.20. The van der Waals surface area contributed by atoms with Gasteiger partial charge < -0.3 is 14.4 Å². The molecule has 0 atom stereocenters. The van der Waals surface area contributed by atoms with E-state index in [0.717, 1.165) is 15.6 Å². The second-order valence-electron chi connectivity index (χ2n) is 5.21. The van der Waals surface area contributed by atoms with E-state index < -0.39 is 0 Å². The quantitative estimate of drug-likeness (QED) is 0.770. The van der Waals surface area contributed by atoms with Crippen LogP contribution in [0.2, 0.25) is 0 Å². The van der Waals surface area contributed by atoms with Crippen LogP contribution in [0.3, 0.4) is 0 Å². The molecule has 2 aromatic carbocycles. The Hall–Kier alpha value is -2.01. The monoisotopic (exact) mass is 377 g/mol. The van der Waals surface area contributed by atoms with Crippen molar-refractivity contribution >= 4 is 21.8 Å². The number of benzene rings is 2. The molecule has 0 saturated heterocycles. The summed E-state index contributed by atoms with van der Waals surface area (Å²) in [5, 5.41) is 0. The summed E-state index contributed by atoms with van der Waals surface area (Å²) >= 11 is 3.39. The van der Waals surface area contributed by atoms with Crippen molar-refractivity contribution in [3.8, 4) is 11.5 Å². The summed E-state index contributed by atoms with van der Waals surface area (Å²) in [7, 11) is 5.00. The van der Waals surface area contributed by atoms with Gasteiger partial charge >= 0.3 is 0 Å². The van der Waals surface area contributed by atoms with E-state index in [1.54, 1.807) is 26.2 Å².